The number of hydrogen-bond acceptors (Lipinski definition) is 9. The molecule has 2 aromatic rings. The van der Waals surface area contributed by atoms with Gasteiger partial charge in [-0.05, 0) is 73.4 Å². The number of methoxy groups -OCH3 is 1. The van der Waals surface area contributed by atoms with Crippen LogP contribution in [-0.2, 0) is 9.53 Å². The lowest BCUT2D eigenvalue weighted by molar-refractivity contribution is -0.106. The minimum Gasteiger partial charge on any atom is -0.480 e. The quantitative estimate of drug-likeness (QED) is 0.274. The number of nitrogens with one attached hydrogen (secondary N) is 2. The molecule has 4 fully saturated rings. The second-order valence-corrected chi connectivity index (χ2v) is 12.8. The number of fused-ring (bicyclic) bond motifs is 2. The van der Waals surface area contributed by atoms with Crippen LogP contribution in [0.25, 0.3) is 0 Å². The SMILES string of the molecule is CCC1(N2CCOCC2)CC1Nc1ncnc(OC)c1C(=O)NC1C2CCC(C2)C1c1cccc(SC(F)(F)F)c1.NC=O. The van der Waals surface area contributed by atoms with E-state index in [0.717, 1.165) is 50.8 Å². The highest BCUT2D eigenvalue weighted by Gasteiger charge is 2.57. The minimum absolute atomic E-state index is 0.00907. The molecule has 2 amide bonds. The summed E-state index contributed by atoms with van der Waals surface area (Å²) >= 11 is -0.103. The Morgan fingerprint density at radius 3 is 2.66 bits per heavy atom. The summed E-state index contributed by atoms with van der Waals surface area (Å²) < 4.78 is 50.3. The van der Waals surface area contributed by atoms with Crippen LogP contribution in [0.5, 0.6) is 5.88 Å². The summed E-state index contributed by atoms with van der Waals surface area (Å²) in [7, 11) is 1.48. The number of benzene rings is 1. The van der Waals surface area contributed by atoms with Crippen molar-refractivity contribution in [2.75, 3.05) is 38.7 Å². The van der Waals surface area contributed by atoms with E-state index in [1.165, 1.54) is 19.5 Å². The van der Waals surface area contributed by atoms with Gasteiger partial charge in [0.1, 0.15) is 17.7 Å². The van der Waals surface area contributed by atoms with Crippen LogP contribution in [-0.4, -0.2) is 83.7 Å². The van der Waals surface area contributed by atoms with Gasteiger partial charge in [0.05, 0.1) is 20.3 Å². The lowest BCUT2D eigenvalue weighted by Crippen LogP contribution is -2.47. The van der Waals surface area contributed by atoms with Gasteiger partial charge in [0.2, 0.25) is 12.3 Å². The van der Waals surface area contributed by atoms with Crippen LogP contribution < -0.4 is 21.1 Å². The van der Waals surface area contributed by atoms with Crippen molar-refractivity contribution >= 4 is 29.9 Å². The molecule has 2 heterocycles. The first-order valence-corrected chi connectivity index (χ1v) is 15.8. The fraction of sp³-hybridized carbons (Fsp3) is 0.600. The molecule has 3 aliphatic carbocycles. The zero-order valence-corrected chi connectivity index (χ0v) is 25.6. The van der Waals surface area contributed by atoms with Crippen LogP contribution in [0, 0.1) is 11.8 Å². The second kappa shape index (κ2) is 13.5. The van der Waals surface area contributed by atoms with Crippen LogP contribution in [0.2, 0.25) is 0 Å². The highest BCUT2D eigenvalue weighted by molar-refractivity contribution is 8.00. The van der Waals surface area contributed by atoms with Crippen molar-refractivity contribution in [3.05, 3.63) is 41.7 Å². The largest absolute Gasteiger partial charge is 0.480 e. The molecule has 6 rings (SSSR count). The van der Waals surface area contributed by atoms with Gasteiger partial charge in [-0.2, -0.15) is 13.2 Å². The van der Waals surface area contributed by atoms with E-state index in [1.807, 2.05) is 6.07 Å². The number of halogens is 3. The zero-order chi connectivity index (χ0) is 31.5. The molecule has 1 saturated heterocycles. The minimum atomic E-state index is -4.35. The molecule has 0 spiro atoms. The Hall–Kier alpha value is -3.10. The number of ether oxygens (including phenoxy) is 2. The van der Waals surface area contributed by atoms with Gasteiger partial charge in [-0.3, -0.25) is 14.5 Å². The number of alkyl halides is 3. The second-order valence-electron chi connectivity index (χ2n) is 11.7. The number of carbonyl (C=O) groups excluding carboxylic acids is 2. The molecule has 1 aromatic carbocycles. The fourth-order valence-electron chi connectivity index (χ4n) is 7.58. The van der Waals surface area contributed by atoms with Crippen molar-refractivity contribution < 1.29 is 32.2 Å². The highest BCUT2D eigenvalue weighted by atomic mass is 32.2. The number of rotatable bonds is 9. The third-order valence-corrected chi connectivity index (χ3v) is 10.3. The zero-order valence-electron chi connectivity index (χ0n) is 24.8. The Morgan fingerprint density at radius 1 is 1.25 bits per heavy atom. The average molecular weight is 637 g/mol. The van der Waals surface area contributed by atoms with E-state index in [9.17, 15) is 18.0 Å². The molecule has 4 aliphatic rings. The normalized spacial score (nSPS) is 29.3. The van der Waals surface area contributed by atoms with E-state index in [1.54, 1.807) is 12.1 Å². The number of morpholine rings is 1. The summed E-state index contributed by atoms with van der Waals surface area (Å²) in [5.74, 6) is 0.813. The van der Waals surface area contributed by atoms with E-state index < -0.39 is 5.51 Å². The maximum Gasteiger partial charge on any atom is 0.446 e. The molecule has 10 nitrogen and oxygen atoms in total. The monoisotopic (exact) mass is 636 g/mol. The third kappa shape index (κ3) is 6.76. The molecule has 6 atom stereocenters. The Balaban J connectivity index is 0.00000123. The predicted molar refractivity (Wildman–Crippen MR) is 159 cm³/mol. The van der Waals surface area contributed by atoms with E-state index in [0.29, 0.717) is 24.9 Å². The molecule has 3 saturated carbocycles. The number of nitrogens with zero attached hydrogens (tertiary/aromatic N) is 3. The van der Waals surface area contributed by atoms with Crippen LogP contribution >= 0.6 is 11.8 Å². The summed E-state index contributed by atoms with van der Waals surface area (Å²) in [6.45, 7) is 5.36. The number of carbonyl (C=O) groups is 2. The maximum atomic E-state index is 14.0. The van der Waals surface area contributed by atoms with Crippen molar-refractivity contribution in [1.82, 2.24) is 20.2 Å². The third-order valence-electron chi connectivity index (χ3n) is 9.53. The lowest BCUT2D eigenvalue weighted by atomic mass is 9.79. The van der Waals surface area contributed by atoms with Gasteiger partial charge in [-0.1, -0.05) is 19.1 Å². The first-order chi connectivity index (χ1) is 21.1. The van der Waals surface area contributed by atoms with Crippen LogP contribution in [0.1, 0.15) is 60.9 Å². The van der Waals surface area contributed by atoms with Crippen molar-refractivity contribution in [2.24, 2.45) is 17.6 Å². The standard InChI is InChI=1S/C29H36F3N5O3S.CH3NO/c1-3-28(37-9-11-40-12-10-37)15-21(28)35-25-23(27(39-2)34-16-33-25)26(38)36-24-19-8-7-18(13-19)22(24)17-5-4-6-20(14-17)41-29(30,31)32;2-1-3/h4-6,14,16,18-19,21-22,24H,3,7-13,15H2,1-2H3,(H,36,38)(H,33,34,35);1H,(H2,2,3). The maximum absolute atomic E-state index is 14.0. The van der Waals surface area contributed by atoms with Gasteiger partial charge in [0, 0.05) is 41.5 Å². The Kier molecular flexibility index (Phi) is 9.90. The van der Waals surface area contributed by atoms with Gasteiger partial charge in [-0.15, -0.1) is 0 Å². The summed E-state index contributed by atoms with van der Waals surface area (Å²) in [6, 6.07) is 6.60. The lowest BCUT2D eigenvalue weighted by Gasteiger charge is -2.35. The molecule has 1 aliphatic heterocycles. The smallest absolute Gasteiger partial charge is 0.446 e. The van der Waals surface area contributed by atoms with Crippen molar-refractivity contribution in [3.63, 3.8) is 0 Å². The number of thioether (sulfide) groups is 1. The van der Waals surface area contributed by atoms with Crippen LogP contribution in [0.4, 0.5) is 19.0 Å². The van der Waals surface area contributed by atoms with Gasteiger partial charge in [0.15, 0.2) is 0 Å². The van der Waals surface area contributed by atoms with E-state index in [2.05, 4.69) is 38.2 Å². The number of aromatic nitrogens is 2. The molecular weight excluding hydrogens is 597 g/mol. The molecule has 240 valence electrons. The number of primary amides is 1. The van der Waals surface area contributed by atoms with Crippen LogP contribution in [0.3, 0.4) is 0 Å². The van der Waals surface area contributed by atoms with Gasteiger partial charge >= 0.3 is 5.51 Å². The Morgan fingerprint density at radius 2 is 1.98 bits per heavy atom. The number of amides is 2. The van der Waals surface area contributed by atoms with Gasteiger partial charge in [0.25, 0.3) is 5.91 Å². The number of hydrogen-bond donors (Lipinski definition) is 3. The summed E-state index contributed by atoms with van der Waals surface area (Å²) in [5.41, 5.74) is 0.900. The summed E-state index contributed by atoms with van der Waals surface area (Å²) in [5, 5.41) is 6.78. The predicted octanol–water partition coefficient (Wildman–Crippen LogP) is 4.18. The molecular formula is C30H39F3N6O4S. The van der Waals surface area contributed by atoms with Crippen molar-refractivity contribution in [1.29, 1.82) is 0 Å². The first-order valence-electron chi connectivity index (χ1n) is 14.9. The topological polar surface area (TPSA) is 132 Å². The fourth-order valence-corrected chi connectivity index (χ4v) is 8.19. The van der Waals surface area contributed by atoms with E-state index in [-0.39, 0.29) is 69.9 Å². The first kappa shape index (κ1) is 32.3. The number of anilines is 1. The van der Waals surface area contributed by atoms with Crippen molar-refractivity contribution in [2.45, 2.75) is 73.0 Å². The molecule has 6 unspecified atom stereocenters. The Labute approximate surface area is 259 Å². The Bertz CT molecular complexity index is 1330. The molecule has 44 heavy (non-hydrogen) atoms. The molecule has 4 N–H and O–H groups in total. The van der Waals surface area contributed by atoms with Crippen LogP contribution in [0.15, 0.2) is 35.5 Å². The van der Waals surface area contributed by atoms with Crippen molar-refractivity contribution in [3.8, 4) is 5.88 Å². The molecule has 1 aromatic heterocycles. The highest BCUT2D eigenvalue weighted by Crippen LogP contribution is 2.54. The molecule has 0 radical (unpaired) electrons. The van der Waals surface area contributed by atoms with Gasteiger partial charge in [-0.25, -0.2) is 9.97 Å². The van der Waals surface area contributed by atoms with E-state index >= 15 is 0 Å². The van der Waals surface area contributed by atoms with E-state index in [4.69, 9.17) is 14.3 Å². The summed E-state index contributed by atoms with van der Waals surface area (Å²) in [6.07, 6.45) is 6.49. The van der Waals surface area contributed by atoms with Gasteiger partial charge < -0.3 is 25.8 Å². The molecule has 14 heteroatoms. The summed E-state index contributed by atoms with van der Waals surface area (Å²) in [4.78, 5) is 33.9. The number of nitrogens with two attached hydrogens (primary N) is 1. The molecule has 2 bridgehead atoms. The average Bonchev–Trinajstić information content (AvgIpc) is 3.32.